The molecule has 1 aromatic rings. The van der Waals surface area contributed by atoms with Gasteiger partial charge in [0, 0.05) is 29.6 Å². The van der Waals surface area contributed by atoms with Gasteiger partial charge in [-0.3, -0.25) is 4.79 Å². The number of para-hydroxylation sites is 2. The third-order valence-corrected chi connectivity index (χ3v) is 5.76. The van der Waals surface area contributed by atoms with E-state index in [2.05, 4.69) is 16.3 Å². The first kappa shape index (κ1) is 14.6. The van der Waals surface area contributed by atoms with Gasteiger partial charge < -0.3 is 15.0 Å². The van der Waals surface area contributed by atoms with Gasteiger partial charge in [-0.05, 0) is 43.9 Å². The number of ketones is 1. The molecule has 124 valence electrons. The minimum absolute atomic E-state index is 0.0536. The van der Waals surface area contributed by atoms with Crippen molar-refractivity contribution in [2.45, 2.75) is 50.2 Å². The number of halogens is 1. The lowest BCUT2D eigenvalue weighted by Gasteiger charge is -2.43. The van der Waals surface area contributed by atoms with Crippen LogP contribution in [0.1, 0.15) is 32.1 Å². The van der Waals surface area contributed by atoms with Crippen LogP contribution in [0.2, 0.25) is 0 Å². The monoisotopic (exact) mass is 342 g/mol. The quantitative estimate of drug-likeness (QED) is 0.848. The molecule has 4 aliphatic rings. The fraction of sp³-hybridized carbons (Fsp3) is 0.421. The number of allylic oxidation sites excluding steroid dienone is 3. The average molecular weight is 343 g/mol. The minimum atomic E-state index is 0.0536. The average Bonchev–Trinajstić information content (AvgIpc) is 2.90. The van der Waals surface area contributed by atoms with Crippen LogP contribution in [0.15, 0.2) is 46.8 Å². The Balaban J connectivity index is 1.63. The molecule has 1 aliphatic carbocycles. The lowest BCUT2D eigenvalue weighted by Crippen LogP contribution is -2.50. The molecule has 1 N–H and O–H groups in total. The summed E-state index contributed by atoms with van der Waals surface area (Å²) in [6, 6.07) is 9.43. The van der Waals surface area contributed by atoms with E-state index in [-0.39, 0.29) is 12.2 Å². The second kappa shape index (κ2) is 5.36. The van der Waals surface area contributed by atoms with Gasteiger partial charge in [0.25, 0.3) is 0 Å². The predicted octanol–water partition coefficient (Wildman–Crippen LogP) is 3.48. The first-order valence-corrected chi connectivity index (χ1v) is 9.02. The van der Waals surface area contributed by atoms with Crippen LogP contribution < -0.4 is 15.0 Å². The lowest BCUT2D eigenvalue weighted by atomic mass is 9.94. The molecule has 2 fully saturated rings. The first-order chi connectivity index (χ1) is 11.7. The number of rotatable bonds is 1. The zero-order chi connectivity index (χ0) is 16.3. The van der Waals surface area contributed by atoms with E-state index in [1.807, 2.05) is 18.2 Å². The Morgan fingerprint density at radius 1 is 1.17 bits per heavy atom. The Hall–Kier alpha value is -1.78. The van der Waals surface area contributed by atoms with Gasteiger partial charge in [0.2, 0.25) is 0 Å². The Labute approximate surface area is 146 Å². The van der Waals surface area contributed by atoms with Crippen molar-refractivity contribution in [2.75, 3.05) is 4.90 Å². The number of carbonyl (C=O) groups is 1. The number of nitrogens with zero attached hydrogens (tertiary/aromatic N) is 1. The summed E-state index contributed by atoms with van der Waals surface area (Å²) >= 11 is 6.15. The number of fused-ring (bicyclic) bond motifs is 3. The second-order valence-electron chi connectivity index (χ2n) is 7.11. The highest BCUT2D eigenvalue weighted by Crippen LogP contribution is 2.44. The summed E-state index contributed by atoms with van der Waals surface area (Å²) in [4.78, 5) is 15.0. The highest BCUT2D eigenvalue weighted by atomic mass is 35.5. The number of Topliss-reactive ketones (excluding diaryl/α,β-unsaturated/α-hetero) is 1. The second-order valence-corrected chi connectivity index (χ2v) is 7.59. The van der Waals surface area contributed by atoms with Gasteiger partial charge in [0.05, 0.1) is 5.69 Å². The standard InChI is InChI=1S/C19H19ClN2O2/c20-11-7-16(23)19-18(8-11)24-17-4-2-1-3-15(17)22(19)14-9-12-5-6-13(10-14)21-12/h1-4,8,12-14,21H,5-7,9-10H2. The highest BCUT2D eigenvalue weighted by molar-refractivity contribution is 6.32. The molecule has 3 heterocycles. The fourth-order valence-corrected chi connectivity index (χ4v) is 4.79. The van der Waals surface area contributed by atoms with Crippen LogP contribution in [-0.4, -0.2) is 23.9 Å². The van der Waals surface area contributed by atoms with Gasteiger partial charge >= 0.3 is 0 Å². The Kier molecular flexibility index (Phi) is 3.25. The molecule has 24 heavy (non-hydrogen) atoms. The lowest BCUT2D eigenvalue weighted by molar-refractivity contribution is -0.115. The number of hydrogen-bond donors (Lipinski definition) is 1. The molecule has 0 aromatic heterocycles. The number of nitrogens with one attached hydrogen (secondary N) is 1. The van der Waals surface area contributed by atoms with E-state index in [0.29, 0.717) is 34.6 Å². The largest absolute Gasteiger partial charge is 0.453 e. The third kappa shape index (κ3) is 2.20. The maximum Gasteiger partial charge on any atom is 0.188 e. The van der Waals surface area contributed by atoms with Crippen LogP contribution >= 0.6 is 11.6 Å². The summed E-state index contributed by atoms with van der Waals surface area (Å²) < 4.78 is 6.01. The molecule has 0 saturated carbocycles. The first-order valence-electron chi connectivity index (χ1n) is 8.65. The van der Waals surface area contributed by atoms with Crippen LogP contribution in [0.3, 0.4) is 0 Å². The number of ether oxygens (including phenoxy) is 1. The zero-order valence-electron chi connectivity index (χ0n) is 13.3. The highest BCUT2D eigenvalue weighted by Gasteiger charge is 2.42. The smallest absolute Gasteiger partial charge is 0.188 e. The molecule has 1 aromatic carbocycles. The molecule has 0 amide bonds. The molecule has 5 rings (SSSR count). The van der Waals surface area contributed by atoms with Crippen LogP contribution in [0.4, 0.5) is 5.69 Å². The van der Waals surface area contributed by atoms with Crippen molar-refractivity contribution in [2.24, 2.45) is 0 Å². The van der Waals surface area contributed by atoms with Crippen LogP contribution in [0, 0.1) is 0 Å². The van der Waals surface area contributed by atoms with Crippen LogP contribution in [-0.2, 0) is 4.79 Å². The van der Waals surface area contributed by atoms with Crippen LogP contribution in [0.25, 0.3) is 0 Å². The molecule has 3 aliphatic heterocycles. The van der Waals surface area contributed by atoms with Crippen LogP contribution in [0.5, 0.6) is 5.75 Å². The van der Waals surface area contributed by atoms with Crippen molar-refractivity contribution in [3.05, 3.63) is 46.8 Å². The van der Waals surface area contributed by atoms with Crippen molar-refractivity contribution >= 4 is 23.1 Å². The van der Waals surface area contributed by atoms with Crippen molar-refractivity contribution in [3.63, 3.8) is 0 Å². The van der Waals surface area contributed by atoms with Gasteiger partial charge in [0.15, 0.2) is 17.3 Å². The summed E-state index contributed by atoms with van der Waals surface area (Å²) in [6.45, 7) is 0. The van der Waals surface area contributed by atoms with E-state index in [4.69, 9.17) is 16.3 Å². The molecule has 2 unspecified atom stereocenters. The van der Waals surface area contributed by atoms with Gasteiger partial charge in [-0.1, -0.05) is 23.7 Å². The number of anilines is 1. The summed E-state index contributed by atoms with van der Waals surface area (Å²) in [7, 11) is 0. The Bertz CT molecular complexity index is 773. The SMILES string of the molecule is O=C1CC(Cl)=CC2=C1N(C1CC3CCC(C1)N3)c1ccccc1O2. The Morgan fingerprint density at radius 2 is 1.92 bits per heavy atom. The number of carbonyl (C=O) groups excluding carboxylic acids is 1. The number of hydrogen-bond acceptors (Lipinski definition) is 4. The van der Waals surface area contributed by atoms with E-state index in [1.54, 1.807) is 6.08 Å². The molecule has 0 spiro atoms. The van der Waals surface area contributed by atoms with E-state index in [1.165, 1.54) is 12.8 Å². The van der Waals surface area contributed by atoms with Gasteiger partial charge in [-0.2, -0.15) is 0 Å². The minimum Gasteiger partial charge on any atom is -0.453 e. The van der Waals surface area contributed by atoms with Crippen molar-refractivity contribution in [3.8, 4) is 5.75 Å². The third-order valence-electron chi connectivity index (χ3n) is 5.51. The molecule has 2 bridgehead atoms. The van der Waals surface area contributed by atoms with Gasteiger partial charge in [-0.25, -0.2) is 0 Å². The predicted molar refractivity (Wildman–Crippen MR) is 93.1 cm³/mol. The molecule has 4 nitrogen and oxygen atoms in total. The summed E-state index contributed by atoms with van der Waals surface area (Å²) in [5.74, 6) is 1.45. The van der Waals surface area contributed by atoms with E-state index >= 15 is 0 Å². The molecule has 2 atom stereocenters. The maximum atomic E-state index is 12.8. The molecule has 0 radical (unpaired) electrons. The van der Waals surface area contributed by atoms with Crippen molar-refractivity contribution in [1.29, 1.82) is 0 Å². The molecular formula is C19H19ClN2O2. The van der Waals surface area contributed by atoms with Crippen molar-refractivity contribution < 1.29 is 9.53 Å². The molecular weight excluding hydrogens is 324 g/mol. The van der Waals surface area contributed by atoms with E-state index in [9.17, 15) is 4.79 Å². The molecule has 5 heteroatoms. The fourth-order valence-electron chi connectivity index (χ4n) is 4.57. The summed E-state index contributed by atoms with van der Waals surface area (Å²) in [6.07, 6.45) is 6.66. The number of benzene rings is 1. The van der Waals surface area contributed by atoms with Gasteiger partial charge in [0.1, 0.15) is 5.70 Å². The van der Waals surface area contributed by atoms with Crippen molar-refractivity contribution in [1.82, 2.24) is 5.32 Å². The van der Waals surface area contributed by atoms with E-state index in [0.717, 1.165) is 24.3 Å². The summed E-state index contributed by atoms with van der Waals surface area (Å²) in [5, 5.41) is 4.23. The van der Waals surface area contributed by atoms with E-state index < -0.39 is 0 Å². The normalized spacial score (nSPS) is 31.4. The maximum absolute atomic E-state index is 12.8. The summed E-state index contributed by atoms with van der Waals surface area (Å²) in [5.41, 5.74) is 1.69. The zero-order valence-corrected chi connectivity index (χ0v) is 14.1. The number of piperidine rings is 1. The van der Waals surface area contributed by atoms with Gasteiger partial charge in [-0.15, -0.1) is 0 Å². The molecule has 2 saturated heterocycles. The topological polar surface area (TPSA) is 41.6 Å². The Morgan fingerprint density at radius 3 is 2.71 bits per heavy atom.